The van der Waals surface area contributed by atoms with Gasteiger partial charge < -0.3 is 5.73 Å². The summed E-state index contributed by atoms with van der Waals surface area (Å²) in [5, 5.41) is 1.79. The molecule has 0 saturated heterocycles. The number of nitrogens with two attached hydrogens (primary N) is 1. The molecule has 1 rings (SSSR count). The van der Waals surface area contributed by atoms with Crippen LogP contribution in [0.3, 0.4) is 0 Å². The van der Waals surface area contributed by atoms with Crippen molar-refractivity contribution in [2.45, 2.75) is 19.8 Å². The van der Waals surface area contributed by atoms with Crippen molar-refractivity contribution in [3.63, 3.8) is 0 Å². The first-order valence-corrected chi connectivity index (χ1v) is 6.02. The Kier molecular flexibility index (Phi) is 5.20. The van der Waals surface area contributed by atoms with Gasteiger partial charge in [-0.3, -0.25) is 0 Å². The Hall–Kier alpha value is 0.0500. The maximum absolute atomic E-state index is 6.10. The first kappa shape index (κ1) is 13.1. The minimum Gasteiger partial charge on any atom is -0.330 e. The summed E-state index contributed by atoms with van der Waals surface area (Å²) in [4.78, 5) is 0. The van der Waals surface area contributed by atoms with E-state index in [1.165, 1.54) is 0 Å². The lowest BCUT2D eigenvalue weighted by atomic mass is 9.98. The van der Waals surface area contributed by atoms with Crippen molar-refractivity contribution >= 4 is 34.8 Å². The number of halogens is 3. The van der Waals surface area contributed by atoms with Crippen molar-refractivity contribution in [2.75, 3.05) is 6.54 Å². The van der Waals surface area contributed by atoms with E-state index in [0.29, 0.717) is 27.5 Å². The summed E-state index contributed by atoms with van der Waals surface area (Å²) < 4.78 is 0. The summed E-state index contributed by atoms with van der Waals surface area (Å²) in [6.45, 7) is 2.80. The molecule has 0 aliphatic heterocycles. The SMILES string of the molecule is CC(CCN)Cc1c(Cl)ccc(Cl)c1Cl. The first-order valence-electron chi connectivity index (χ1n) is 4.88. The van der Waals surface area contributed by atoms with Crippen molar-refractivity contribution in [3.8, 4) is 0 Å². The van der Waals surface area contributed by atoms with Crippen LogP contribution in [0, 0.1) is 5.92 Å². The standard InChI is InChI=1S/C11H14Cl3N/c1-7(4-5-15)6-8-9(12)2-3-10(13)11(8)14/h2-3,7H,4-6,15H2,1H3. The van der Waals surface area contributed by atoms with Gasteiger partial charge in [-0.15, -0.1) is 0 Å². The maximum Gasteiger partial charge on any atom is 0.0639 e. The summed E-state index contributed by atoms with van der Waals surface area (Å²) in [7, 11) is 0. The van der Waals surface area contributed by atoms with E-state index in [1.54, 1.807) is 12.1 Å². The molecular formula is C11H14Cl3N. The van der Waals surface area contributed by atoms with Gasteiger partial charge in [0.1, 0.15) is 0 Å². The van der Waals surface area contributed by atoms with E-state index >= 15 is 0 Å². The third kappa shape index (κ3) is 3.53. The van der Waals surface area contributed by atoms with Crippen LogP contribution in [0.25, 0.3) is 0 Å². The molecule has 2 N–H and O–H groups in total. The molecule has 0 spiro atoms. The maximum atomic E-state index is 6.10. The summed E-state index contributed by atoms with van der Waals surface area (Å²) in [5.74, 6) is 0.462. The molecule has 4 heteroatoms. The Morgan fingerprint density at radius 1 is 1.20 bits per heavy atom. The van der Waals surface area contributed by atoms with Gasteiger partial charge >= 0.3 is 0 Å². The lowest BCUT2D eigenvalue weighted by Crippen LogP contribution is -2.08. The van der Waals surface area contributed by atoms with E-state index in [9.17, 15) is 0 Å². The van der Waals surface area contributed by atoms with Crippen LogP contribution in [0.15, 0.2) is 12.1 Å². The van der Waals surface area contributed by atoms with Crippen LogP contribution in [0.1, 0.15) is 18.9 Å². The lowest BCUT2D eigenvalue weighted by molar-refractivity contribution is 0.539. The zero-order valence-corrected chi connectivity index (χ0v) is 10.8. The molecule has 1 nitrogen and oxygen atoms in total. The van der Waals surface area contributed by atoms with E-state index < -0.39 is 0 Å². The third-order valence-corrected chi connectivity index (χ3v) is 3.55. The molecule has 0 aliphatic rings. The molecule has 0 saturated carbocycles. The molecular weight excluding hydrogens is 252 g/mol. The first-order chi connectivity index (χ1) is 7.06. The zero-order valence-electron chi connectivity index (χ0n) is 8.56. The van der Waals surface area contributed by atoms with Gasteiger partial charge in [-0.1, -0.05) is 41.7 Å². The average molecular weight is 267 g/mol. The fourth-order valence-electron chi connectivity index (χ4n) is 1.49. The summed E-state index contributed by atoms with van der Waals surface area (Å²) in [6, 6.07) is 3.49. The van der Waals surface area contributed by atoms with E-state index in [-0.39, 0.29) is 0 Å². The second kappa shape index (κ2) is 5.95. The van der Waals surface area contributed by atoms with Gasteiger partial charge in [-0.25, -0.2) is 0 Å². The molecule has 0 aliphatic carbocycles. The topological polar surface area (TPSA) is 26.0 Å². The molecule has 1 aromatic carbocycles. The van der Waals surface area contributed by atoms with Crippen molar-refractivity contribution in [2.24, 2.45) is 11.7 Å². The largest absolute Gasteiger partial charge is 0.330 e. The van der Waals surface area contributed by atoms with Crippen molar-refractivity contribution < 1.29 is 0 Å². The molecule has 0 heterocycles. The third-order valence-electron chi connectivity index (χ3n) is 2.35. The average Bonchev–Trinajstić information content (AvgIpc) is 2.19. The highest BCUT2D eigenvalue weighted by Gasteiger charge is 2.12. The number of hydrogen-bond donors (Lipinski definition) is 1. The Labute approximate surface area is 106 Å². The van der Waals surface area contributed by atoms with Gasteiger partial charge in [0.2, 0.25) is 0 Å². The minimum atomic E-state index is 0.462. The highest BCUT2D eigenvalue weighted by molar-refractivity contribution is 6.44. The molecule has 0 amide bonds. The fraction of sp³-hybridized carbons (Fsp3) is 0.455. The smallest absolute Gasteiger partial charge is 0.0639 e. The Morgan fingerprint density at radius 3 is 2.40 bits per heavy atom. The summed E-state index contributed by atoms with van der Waals surface area (Å²) >= 11 is 18.1. The van der Waals surface area contributed by atoms with E-state index in [4.69, 9.17) is 40.5 Å². The molecule has 0 bridgehead atoms. The monoisotopic (exact) mass is 265 g/mol. The van der Waals surface area contributed by atoms with Gasteiger partial charge in [-0.2, -0.15) is 0 Å². The van der Waals surface area contributed by atoms with E-state index in [0.717, 1.165) is 18.4 Å². The molecule has 84 valence electrons. The molecule has 1 aromatic rings. The van der Waals surface area contributed by atoms with Crippen LogP contribution in [0.4, 0.5) is 0 Å². The van der Waals surface area contributed by atoms with Crippen LogP contribution in [-0.2, 0) is 6.42 Å². The second-order valence-electron chi connectivity index (χ2n) is 3.71. The molecule has 1 unspecified atom stereocenters. The minimum absolute atomic E-state index is 0.462. The van der Waals surface area contributed by atoms with E-state index in [2.05, 4.69) is 6.92 Å². The van der Waals surface area contributed by atoms with Gasteiger partial charge in [0.05, 0.1) is 10.0 Å². The van der Waals surface area contributed by atoms with Gasteiger partial charge in [0, 0.05) is 5.02 Å². The van der Waals surface area contributed by atoms with Crippen molar-refractivity contribution in [1.82, 2.24) is 0 Å². The number of hydrogen-bond acceptors (Lipinski definition) is 1. The Bertz CT molecular complexity index is 339. The summed E-state index contributed by atoms with van der Waals surface area (Å²) in [5.41, 5.74) is 6.42. The van der Waals surface area contributed by atoms with Crippen LogP contribution in [0.5, 0.6) is 0 Å². The van der Waals surface area contributed by atoms with Gasteiger partial charge in [-0.05, 0) is 43.0 Å². The molecule has 1 atom stereocenters. The second-order valence-corrected chi connectivity index (χ2v) is 4.90. The Morgan fingerprint density at radius 2 is 1.80 bits per heavy atom. The van der Waals surface area contributed by atoms with E-state index in [1.807, 2.05) is 0 Å². The summed E-state index contributed by atoms with van der Waals surface area (Å²) in [6.07, 6.45) is 1.77. The van der Waals surface area contributed by atoms with Gasteiger partial charge in [0.25, 0.3) is 0 Å². The van der Waals surface area contributed by atoms with Crippen LogP contribution in [0.2, 0.25) is 15.1 Å². The molecule has 0 aromatic heterocycles. The lowest BCUT2D eigenvalue weighted by Gasteiger charge is -2.13. The van der Waals surface area contributed by atoms with Crippen molar-refractivity contribution in [3.05, 3.63) is 32.8 Å². The molecule has 0 fully saturated rings. The zero-order chi connectivity index (χ0) is 11.4. The predicted octanol–water partition coefficient (Wildman–Crippen LogP) is 4.17. The Balaban J connectivity index is 2.88. The molecule has 0 radical (unpaired) electrons. The van der Waals surface area contributed by atoms with Crippen LogP contribution < -0.4 is 5.73 Å². The molecule has 15 heavy (non-hydrogen) atoms. The normalized spacial score (nSPS) is 12.9. The van der Waals surface area contributed by atoms with Gasteiger partial charge in [0.15, 0.2) is 0 Å². The quantitative estimate of drug-likeness (QED) is 0.813. The highest BCUT2D eigenvalue weighted by Crippen LogP contribution is 2.33. The number of benzene rings is 1. The van der Waals surface area contributed by atoms with Crippen molar-refractivity contribution in [1.29, 1.82) is 0 Å². The fourth-order valence-corrected chi connectivity index (χ4v) is 2.19. The predicted molar refractivity (Wildman–Crippen MR) is 68.0 cm³/mol. The van der Waals surface area contributed by atoms with Crippen LogP contribution >= 0.6 is 34.8 Å². The highest BCUT2D eigenvalue weighted by atomic mass is 35.5. The van der Waals surface area contributed by atoms with Crippen LogP contribution in [-0.4, -0.2) is 6.54 Å². The number of rotatable bonds is 4.